The molecule has 0 unspecified atom stereocenters. The lowest BCUT2D eigenvalue weighted by Crippen LogP contribution is -2.20. The zero-order chi connectivity index (χ0) is 21.9. The van der Waals surface area contributed by atoms with Gasteiger partial charge in [0.15, 0.2) is 0 Å². The minimum atomic E-state index is -0.302. The van der Waals surface area contributed by atoms with Crippen molar-refractivity contribution in [2.45, 2.75) is 37.8 Å². The Kier molecular flexibility index (Phi) is 5.91. The van der Waals surface area contributed by atoms with E-state index in [0.29, 0.717) is 23.2 Å². The molecule has 0 bridgehead atoms. The van der Waals surface area contributed by atoms with Crippen LogP contribution in [-0.2, 0) is 0 Å². The number of aromatic nitrogens is 2. The van der Waals surface area contributed by atoms with Crippen LogP contribution in [0.2, 0.25) is 0 Å². The molecular weight excluding hydrogens is 401 g/mol. The number of hydrogen-bond acceptors (Lipinski definition) is 3. The predicted molar refractivity (Wildman–Crippen MR) is 126 cm³/mol. The number of anilines is 1. The predicted octanol–water partition coefficient (Wildman–Crippen LogP) is 6.10. The Balaban J connectivity index is 1.45. The molecule has 164 valence electrons. The van der Waals surface area contributed by atoms with E-state index in [2.05, 4.69) is 34.7 Å². The van der Waals surface area contributed by atoms with Crippen molar-refractivity contribution < 1.29 is 9.50 Å². The molecule has 5 rings (SSSR count). The van der Waals surface area contributed by atoms with Gasteiger partial charge in [0.05, 0.1) is 23.3 Å². The summed E-state index contributed by atoms with van der Waals surface area (Å²) >= 11 is 0. The number of aliphatic hydroxyl groups excluding tert-OH is 1. The maximum Gasteiger partial charge on any atom is 0.148 e. The summed E-state index contributed by atoms with van der Waals surface area (Å²) in [6.45, 7) is 0.262. The third-order valence-electron chi connectivity index (χ3n) is 6.63. The number of nitrogens with zero attached hydrogens (tertiary/aromatic N) is 2. The number of fused-ring (bicyclic) bond motifs is 1. The molecule has 0 spiro atoms. The monoisotopic (exact) mass is 429 g/mol. The molecule has 2 N–H and O–H groups in total. The topological polar surface area (TPSA) is 50.1 Å². The van der Waals surface area contributed by atoms with Crippen molar-refractivity contribution in [3.8, 4) is 0 Å². The lowest BCUT2D eigenvalue weighted by molar-refractivity contribution is 0.165. The van der Waals surface area contributed by atoms with Crippen LogP contribution in [0.3, 0.4) is 0 Å². The Labute approximate surface area is 187 Å². The van der Waals surface area contributed by atoms with Gasteiger partial charge in [0.1, 0.15) is 5.82 Å². The molecular formula is C27H28FN3O. The highest BCUT2D eigenvalue weighted by Crippen LogP contribution is 2.34. The van der Waals surface area contributed by atoms with Gasteiger partial charge in [0, 0.05) is 24.3 Å². The molecule has 1 aliphatic rings. The molecule has 5 heteroatoms. The third kappa shape index (κ3) is 4.26. The first-order valence-electron chi connectivity index (χ1n) is 11.4. The van der Waals surface area contributed by atoms with Crippen LogP contribution < -0.4 is 5.32 Å². The molecule has 0 amide bonds. The van der Waals surface area contributed by atoms with Crippen LogP contribution in [-0.4, -0.2) is 21.5 Å². The summed E-state index contributed by atoms with van der Waals surface area (Å²) in [7, 11) is 0. The zero-order valence-corrected chi connectivity index (χ0v) is 18.0. The second-order valence-corrected chi connectivity index (χ2v) is 8.76. The van der Waals surface area contributed by atoms with Crippen molar-refractivity contribution in [3.05, 3.63) is 95.9 Å². The molecule has 0 aliphatic heterocycles. The summed E-state index contributed by atoms with van der Waals surface area (Å²) in [5.41, 5.74) is 3.30. The van der Waals surface area contributed by atoms with Gasteiger partial charge in [-0.2, -0.15) is 5.10 Å². The van der Waals surface area contributed by atoms with E-state index in [-0.39, 0.29) is 18.5 Å². The molecule has 1 aliphatic carbocycles. The first-order chi connectivity index (χ1) is 15.7. The number of aliphatic hydroxyl groups is 1. The van der Waals surface area contributed by atoms with Gasteiger partial charge in [0.2, 0.25) is 0 Å². The molecule has 0 atom stereocenters. The number of nitrogens with one attached hydrogen (secondary N) is 1. The van der Waals surface area contributed by atoms with Crippen LogP contribution >= 0.6 is 0 Å². The molecule has 1 saturated carbocycles. The SMILES string of the molecule is OCC1CCC(n2cc3cc(NC(c4ccccc4)c4ccccc4)c(F)cc3n2)CC1. The lowest BCUT2D eigenvalue weighted by Gasteiger charge is -2.27. The van der Waals surface area contributed by atoms with Crippen molar-refractivity contribution in [2.24, 2.45) is 5.92 Å². The smallest absolute Gasteiger partial charge is 0.148 e. The molecule has 1 fully saturated rings. The van der Waals surface area contributed by atoms with Crippen LogP contribution in [0.1, 0.15) is 48.9 Å². The molecule has 1 heterocycles. The maximum atomic E-state index is 15.1. The summed E-state index contributed by atoms with van der Waals surface area (Å²) in [6, 6.07) is 23.8. The molecule has 32 heavy (non-hydrogen) atoms. The molecule has 4 nitrogen and oxygen atoms in total. The third-order valence-corrected chi connectivity index (χ3v) is 6.63. The van der Waals surface area contributed by atoms with Crippen LogP contribution in [0.15, 0.2) is 79.0 Å². The van der Waals surface area contributed by atoms with E-state index < -0.39 is 0 Å². The maximum absolute atomic E-state index is 15.1. The van der Waals surface area contributed by atoms with E-state index in [9.17, 15) is 5.11 Å². The number of rotatable bonds is 6. The van der Waals surface area contributed by atoms with Crippen LogP contribution in [0, 0.1) is 11.7 Å². The number of hydrogen-bond donors (Lipinski definition) is 2. The lowest BCUT2D eigenvalue weighted by atomic mass is 9.87. The van der Waals surface area contributed by atoms with Gasteiger partial charge in [-0.25, -0.2) is 4.39 Å². The fourth-order valence-electron chi connectivity index (χ4n) is 4.76. The highest BCUT2D eigenvalue weighted by molar-refractivity contribution is 5.82. The Morgan fingerprint density at radius 3 is 2.16 bits per heavy atom. The normalized spacial score (nSPS) is 18.8. The van der Waals surface area contributed by atoms with Crippen molar-refractivity contribution in [1.29, 1.82) is 0 Å². The average Bonchev–Trinajstić information content (AvgIpc) is 3.26. The second-order valence-electron chi connectivity index (χ2n) is 8.76. The Morgan fingerprint density at radius 1 is 0.938 bits per heavy atom. The van der Waals surface area contributed by atoms with Gasteiger partial charge in [-0.05, 0) is 48.8 Å². The van der Waals surface area contributed by atoms with Gasteiger partial charge in [-0.1, -0.05) is 60.7 Å². The summed E-state index contributed by atoms with van der Waals surface area (Å²) in [6.07, 6.45) is 6.04. The highest BCUT2D eigenvalue weighted by Gasteiger charge is 2.23. The Morgan fingerprint density at radius 2 is 1.56 bits per heavy atom. The summed E-state index contributed by atoms with van der Waals surface area (Å²) < 4.78 is 17.1. The van der Waals surface area contributed by atoms with E-state index in [1.165, 1.54) is 6.07 Å². The average molecular weight is 430 g/mol. The summed E-state index contributed by atoms with van der Waals surface area (Å²) in [5.74, 6) is 0.0981. The van der Waals surface area contributed by atoms with Gasteiger partial charge in [0.25, 0.3) is 0 Å². The van der Waals surface area contributed by atoms with Crippen molar-refractivity contribution in [1.82, 2.24) is 9.78 Å². The molecule has 0 radical (unpaired) electrons. The Bertz CT molecular complexity index is 1130. The largest absolute Gasteiger partial charge is 0.396 e. The first kappa shape index (κ1) is 20.7. The van der Waals surface area contributed by atoms with E-state index in [0.717, 1.165) is 42.2 Å². The van der Waals surface area contributed by atoms with E-state index in [1.54, 1.807) is 0 Å². The van der Waals surface area contributed by atoms with Crippen molar-refractivity contribution in [2.75, 3.05) is 11.9 Å². The highest BCUT2D eigenvalue weighted by atomic mass is 19.1. The van der Waals surface area contributed by atoms with Crippen LogP contribution in [0.5, 0.6) is 0 Å². The summed E-state index contributed by atoms with van der Waals surface area (Å²) in [5, 5.41) is 18.4. The van der Waals surface area contributed by atoms with Crippen molar-refractivity contribution >= 4 is 16.6 Å². The molecule has 0 saturated heterocycles. The zero-order valence-electron chi connectivity index (χ0n) is 18.0. The first-order valence-corrected chi connectivity index (χ1v) is 11.4. The number of benzene rings is 3. The minimum absolute atomic E-state index is 0.159. The standard InChI is InChI=1S/C27H28FN3O/c28-24-16-25-22(17-31(30-25)23-13-11-19(18-32)12-14-23)15-26(24)29-27(20-7-3-1-4-8-20)21-9-5-2-6-10-21/h1-10,15-17,19,23,27,29,32H,11-14,18H2. The van der Waals surface area contributed by atoms with Gasteiger partial charge >= 0.3 is 0 Å². The van der Waals surface area contributed by atoms with Crippen LogP contribution in [0.25, 0.3) is 10.9 Å². The van der Waals surface area contributed by atoms with Gasteiger partial charge < -0.3 is 10.4 Å². The second kappa shape index (κ2) is 9.13. The van der Waals surface area contributed by atoms with Gasteiger partial charge in [-0.15, -0.1) is 0 Å². The van der Waals surface area contributed by atoms with Gasteiger partial charge in [-0.3, -0.25) is 4.68 Å². The quantitative estimate of drug-likeness (QED) is 0.389. The van der Waals surface area contributed by atoms with E-state index in [4.69, 9.17) is 0 Å². The fourth-order valence-corrected chi connectivity index (χ4v) is 4.76. The van der Waals surface area contributed by atoms with Crippen molar-refractivity contribution in [3.63, 3.8) is 0 Å². The fraction of sp³-hybridized carbons (Fsp3) is 0.296. The number of halogens is 1. The molecule has 4 aromatic rings. The minimum Gasteiger partial charge on any atom is -0.396 e. The summed E-state index contributed by atoms with van der Waals surface area (Å²) in [4.78, 5) is 0. The van der Waals surface area contributed by atoms with E-state index >= 15 is 4.39 Å². The van der Waals surface area contributed by atoms with Crippen LogP contribution in [0.4, 0.5) is 10.1 Å². The molecule has 1 aromatic heterocycles. The Hall–Kier alpha value is -3.18. The molecule has 3 aromatic carbocycles. The van der Waals surface area contributed by atoms with E-state index in [1.807, 2.05) is 53.3 Å².